The minimum atomic E-state index is -0.0866. The highest BCUT2D eigenvalue weighted by molar-refractivity contribution is 14.0. The zero-order chi connectivity index (χ0) is 19.9. The van der Waals surface area contributed by atoms with E-state index >= 15 is 0 Å². The molecule has 1 heterocycles. The van der Waals surface area contributed by atoms with Crippen LogP contribution in [0, 0.1) is 0 Å². The standard InChI is InChI=1S/C21H26ClN5O.HI/c1-23-20(28)16-6-3-5-15(11-16)13-25-21(24-2)26-18-9-10-27(14-18)19-8-4-7-17(22)12-19;/h3-8,11-12,18H,9-10,13-14H2,1-2H3,(H,23,28)(H2,24,25,26);1H. The Labute approximate surface area is 194 Å². The van der Waals surface area contributed by atoms with Crippen LogP contribution in [0.25, 0.3) is 0 Å². The SMILES string of the molecule is CN=C(NCc1cccc(C(=O)NC)c1)NC1CCN(c2cccc(Cl)c2)C1.I. The normalized spacial score (nSPS) is 16.2. The molecule has 0 spiro atoms. The number of aliphatic imine (C=N–C) groups is 1. The molecule has 0 bridgehead atoms. The fourth-order valence-electron chi connectivity index (χ4n) is 3.33. The van der Waals surface area contributed by atoms with E-state index in [2.05, 4.69) is 31.9 Å². The molecule has 156 valence electrons. The summed E-state index contributed by atoms with van der Waals surface area (Å²) < 4.78 is 0. The number of rotatable bonds is 5. The number of benzene rings is 2. The summed E-state index contributed by atoms with van der Waals surface area (Å²) >= 11 is 6.11. The first-order valence-electron chi connectivity index (χ1n) is 9.38. The van der Waals surface area contributed by atoms with Crippen molar-refractivity contribution >= 4 is 53.1 Å². The average Bonchev–Trinajstić information content (AvgIpc) is 3.19. The molecular formula is C21H27ClIN5O. The Morgan fingerprint density at radius 1 is 1.24 bits per heavy atom. The van der Waals surface area contributed by atoms with Crippen molar-refractivity contribution in [2.75, 3.05) is 32.1 Å². The molecular weight excluding hydrogens is 501 g/mol. The number of hydrogen-bond acceptors (Lipinski definition) is 3. The quantitative estimate of drug-likeness (QED) is 0.317. The Balaban J connectivity index is 0.00000300. The lowest BCUT2D eigenvalue weighted by Gasteiger charge is -2.20. The second-order valence-electron chi connectivity index (χ2n) is 6.76. The molecule has 8 heteroatoms. The number of guanidine groups is 1. The highest BCUT2D eigenvalue weighted by Crippen LogP contribution is 2.23. The number of nitrogens with one attached hydrogen (secondary N) is 3. The van der Waals surface area contributed by atoms with Crippen molar-refractivity contribution in [3.05, 3.63) is 64.7 Å². The molecule has 0 saturated carbocycles. The molecule has 3 rings (SSSR count). The Bertz CT molecular complexity index is 860. The maximum atomic E-state index is 11.8. The highest BCUT2D eigenvalue weighted by Gasteiger charge is 2.23. The topological polar surface area (TPSA) is 68.8 Å². The van der Waals surface area contributed by atoms with Gasteiger partial charge in [0.05, 0.1) is 0 Å². The fourth-order valence-corrected chi connectivity index (χ4v) is 3.51. The number of hydrogen-bond donors (Lipinski definition) is 3. The van der Waals surface area contributed by atoms with Crippen LogP contribution in [-0.2, 0) is 6.54 Å². The molecule has 1 amide bonds. The molecule has 2 aromatic rings. The lowest BCUT2D eigenvalue weighted by molar-refractivity contribution is 0.0963. The number of nitrogens with zero attached hydrogens (tertiary/aromatic N) is 2. The summed E-state index contributed by atoms with van der Waals surface area (Å²) in [6.07, 6.45) is 1.03. The molecule has 0 aliphatic carbocycles. The zero-order valence-corrected chi connectivity index (χ0v) is 19.7. The second kappa shape index (κ2) is 11.3. The second-order valence-corrected chi connectivity index (χ2v) is 7.20. The van der Waals surface area contributed by atoms with Gasteiger partial charge in [0.15, 0.2) is 5.96 Å². The van der Waals surface area contributed by atoms with Gasteiger partial charge in [0.2, 0.25) is 0 Å². The van der Waals surface area contributed by atoms with E-state index in [9.17, 15) is 4.79 Å². The van der Waals surface area contributed by atoms with Crippen LogP contribution < -0.4 is 20.9 Å². The van der Waals surface area contributed by atoms with Gasteiger partial charge in [-0.2, -0.15) is 0 Å². The maximum Gasteiger partial charge on any atom is 0.251 e. The van der Waals surface area contributed by atoms with E-state index in [0.717, 1.165) is 41.7 Å². The Morgan fingerprint density at radius 2 is 2.03 bits per heavy atom. The number of carbonyl (C=O) groups is 1. The zero-order valence-electron chi connectivity index (χ0n) is 16.6. The highest BCUT2D eigenvalue weighted by atomic mass is 127. The van der Waals surface area contributed by atoms with Crippen LogP contribution in [-0.4, -0.2) is 45.1 Å². The van der Waals surface area contributed by atoms with E-state index in [-0.39, 0.29) is 29.9 Å². The molecule has 1 fully saturated rings. The summed E-state index contributed by atoms with van der Waals surface area (Å²) in [7, 11) is 3.40. The summed E-state index contributed by atoms with van der Waals surface area (Å²) in [5.74, 6) is 0.666. The molecule has 1 aliphatic rings. The van der Waals surface area contributed by atoms with Gasteiger partial charge in [-0.15, -0.1) is 24.0 Å². The first kappa shape index (κ1) is 23.3. The van der Waals surface area contributed by atoms with Gasteiger partial charge in [-0.25, -0.2) is 0 Å². The van der Waals surface area contributed by atoms with Gasteiger partial charge in [-0.1, -0.05) is 29.8 Å². The van der Waals surface area contributed by atoms with Crippen LogP contribution in [0.4, 0.5) is 5.69 Å². The van der Waals surface area contributed by atoms with Crippen molar-refractivity contribution in [2.24, 2.45) is 4.99 Å². The summed E-state index contributed by atoms with van der Waals surface area (Å²) in [6, 6.07) is 15.8. The molecule has 0 radical (unpaired) electrons. The van der Waals surface area contributed by atoms with E-state index in [1.807, 2.05) is 36.4 Å². The number of amides is 1. The van der Waals surface area contributed by atoms with Gasteiger partial charge >= 0.3 is 0 Å². The maximum absolute atomic E-state index is 11.8. The lowest BCUT2D eigenvalue weighted by Crippen LogP contribution is -2.44. The molecule has 6 nitrogen and oxygen atoms in total. The van der Waals surface area contributed by atoms with Crippen LogP contribution in [0.3, 0.4) is 0 Å². The van der Waals surface area contributed by atoms with Crippen molar-refractivity contribution in [1.82, 2.24) is 16.0 Å². The monoisotopic (exact) mass is 527 g/mol. The van der Waals surface area contributed by atoms with Gasteiger partial charge in [-0.3, -0.25) is 9.79 Å². The number of carbonyl (C=O) groups excluding carboxylic acids is 1. The van der Waals surface area contributed by atoms with Crippen molar-refractivity contribution in [2.45, 2.75) is 19.0 Å². The first-order chi connectivity index (χ1) is 13.6. The van der Waals surface area contributed by atoms with Gasteiger partial charge < -0.3 is 20.9 Å². The van der Waals surface area contributed by atoms with E-state index in [1.165, 1.54) is 0 Å². The molecule has 1 saturated heterocycles. The summed E-state index contributed by atoms with van der Waals surface area (Å²) in [5, 5.41) is 10.2. The van der Waals surface area contributed by atoms with Crippen molar-refractivity contribution in [1.29, 1.82) is 0 Å². The molecule has 3 N–H and O–H groups in total. The summed E-state index contributed by atoms with van der Waals surface area (Å²) in [5.41, 5.74) is 2.82. The molecule has 1 unspecified atom stereocenters. The van der Waals surface area contributed by atoms with Gasteiger partial charge in [0.1, 0.15) is 0 Å². The Hall–Kier alpha value is -2.00. The van der Waals surface area contributed by atoms with Crippen LogP contribution >= 0.6 is 35.6 Å². The summed E-state index contributed by atoms with van der Waals surface area (Å²) in [4.78, 5) is 18.4. The van der Waals surface area contributed by atoms with Crippen LogP contribution in [0.5, 0.6) is 0 Å². The number of anilines is 1. The smallest absolute Gasteiger partial charge is 0.251 e. The minimum absolute atomic E-state index is 0. The Kier molecular flexibility index (Phi) is 9.03. The third-order valence-electron chi connectivity index (χ3n) is 4.80. The largest absolute Gasteiger partial charge is 0.369 e. The molecule has 0 aromatic heterocycles. The predicted molar refractivity (Wildman–Crippen MR) is 131 cm³/mol. The van der Waals surface area contributed by atoms with E-state index in [0.29, 0.717) is 18.2 Å². The minimum Gasteiger partial charge on any atom is -0.369 e. The van der Waals surface area contributed by atoms with Gasteiger partial charge in [-0.05, 0) is 42.3 Å². The fraction of sp³-hybridized carbons (Fsp3) is 0.333. The van der Waals surface area contributed by atoms with Crippen LogP contribution in [0.2, 0.25) is 5.02 Å². The van der Waals surface area contributed by atoms with Crippen molar-refractivity contribution in [3.63, 3.8) is 0 Å². The molecule has 1 atom stereocenters. The van der Waals surface area contributed by atoms with Gasteiger partial charge in [0, 0.05) is 56.0 Å². The third kappa shape index (κ3) is 6.50. The predicted octanol–water partition coefficient (Wildman–Crippen LogP) is 3.26. The molecule has 2 aromatic carbocycles. The van der Waals surface area contributed by atoms with Crippen molar-refractivity contribution in [3.8, 4) is 0 Å². The van der Waals surface area contributed by atoms with Crippen molar-refractivity contribution < 1.29 is 4.79 Å². The first-order valence-corrected chi connectivity index (χ1v) is 9.75. The third-order valence-corrected chi connectivity index (χ3v) is 5.04. The van der Waals surface area contributed by atoms with E-state index in [4.69, 9.17) is 11.6 Å². The lowest BCUT2D eigenvalue weighted by atomic mass is 10.1. The average molecular weight is 528 g/mol. The molecule has 29 heavy (non-hydrogen) atoms. The van der Waals surface area contributed by atoms with Crippen LogP contribution in [0.1, 0.15) is 22.3 Å². The molecule has 1 aliphatic heterocycles. The number of halogens is 2. The Morgan fingerprint density at radius 3 is 2.76 bits per heavy atom. The van der Waals surface area contributed by atoms with E-state index < -0.39 is 0 Å². The van der Waals surface area contributed by atoms with Crippen LogP contribution in [0.15, 0.2) is 53.5 Å². The van der Waals surface area contributed by atoms with E-state index in [1.54, 1.807) is 20.2 Å². The van der Waals surface area contributed by atoms with Gasteiger partial charge in [0.25, 0.3) is 5.91 Å². The summed E-state index contributed by atoms with van der Waals surface area (Å²) in [6.45, 7) is 2.46.